The second kappa shape index (κ2) is 9.29. The van der Waals surface area contributed by atoms with Crippen LogP contribution in [0.4, 0.5) is 5.00 Å². The lowest BCUT2D eigenvalue weighted by atomic mass is 9.89. The Hall–Kier alpha value is -2.56. The van der Waals surface area contributed by atoms with Crippen molar-refractivity contribution in [1.29, 1.82) is 5.26 Å². The topological polar surface area (TPSA) is 75.8 Å². The van der Waals surface area contributed by atoms with Crippen molar-refractivity contribution in [3.8, 4) is 17.6 Å². The molecule has 0 fully saturated rings. The SMILES string of the molecule is COc1ccc(C[NH+](C)CC(=O)Nc2sc3c(c2C#N)CC[C@@H](C)C3)cc1OC. The van der Waals surface area contributed by atoms with E-state index >= 15 is 0 Å². The Morgan fingerprint density at radius 3 is 2.79 bits per heavy atom. The molecular weight excluding hydrogens is 386 g/mol. The summed E-state index contributed by atoms with van der Waals surface area (Å²) in [6.07, 6.45) is 3.02. The molecule has 1 unspecified atom stereocenters. The van der Waals surface area contributed by atoms with Crippen LogP contribution < -0.4 is 19.7 Å². The number of nitrogens with one attached hydrogen (secondary N) is 2. The van der Waals surface area contributed by atoms with Gasteiger partial charge in [0.15, 0.2) is 18.0 Å². The fourth-order valence-electron chi connectivity index (χ4n) is 3.80. The van der Waals surface area contributed by atoms with Crippen LogP contribution >= 0.6 is 11.3 Å². The predicted octanol–water partition coefficient (Wildman–Crippen LogP) is 2.42. The minimum Gasteiger partial charge on any atom is -0.493 e. The number of likely N-dealkylation sites (N-methyl/N-ethyl adjacent to an activating group) is 1. The molecule has 1 aromatic carbocycles. The summed E-state index contributed by atoms with van der Waals surface area (Å²) in [5.41, 5.74) is 2.85. The molecule has 1 aliphatic carbocycles. The smallest absolute Gasteiger partial charge is 0.280 e. The maximum absolute atomic E-state index is 12.6. The Labute approximate surface area is 176 Å². The monoisotopic (exact) mass is 414 g/mol. The van der Waals surface area contributed by atoms with E-state index in [0.717, 1.165) is 35.3 Å². The zero-order valence-electron chi connectivity index (χ0n) is 17.4. The molecule has 0 saturated carbocycles. The van der Waals surface area contributed by atoms with Crippen LogP contribution in [0.3, 0.4) is 0 Å². The highest BCUT2D eigenvalue weighted by atomic mass is 32.1. The molecular formula is C22H28N3O3S+. The van der Waals surface area contributed by atoms with Crippen LogP contribution in [-0.4, -0.2) is 33.7 Å². The number of hydrogen-bond acceptors (Lipinski definition) is 5. The molecule has 1 heterocycles. The van der Waals surface area contributed by atoms with E-state index in [1.807, 2.05) is 25.2 Å². The normalized spacial score (nSPS) is 16.4. The number of hydrogen-bond donors (Lipinski definition) is 2. The molecule has 3 rings (SSSR count). The Balaban J connectivity index is 1.63. The molecule has 6 nitrogen and oxygen atoms in total. The molecule has 0 aliphatic heterocycles. The fourth-order valence-corrected chi connectivity index (χ4v) is 5.18. The first kappa shape index (κ1) is 21.2. The highest BCUT2D eigenvalue weighted by Gasteiger charge is 2.25. The maximum Gasteiger partial charge on any atom is 0.280 e. The van der Waals surface area contributed by atoms with Crippen LogP contribution in [0.25, 0.3) is 0 Å². The lowest BCUT2D eigenvalue weighted by Gasteiger charge is -2.17. The number of nitriles is 1. The zero-order chi connectivity index (χ0) is 21.0. The van der Waals surface area contributed by atoms with Gasteiger partial charge >= 0.3 is 0 Å². The second-order valence-electron chi connectivity index (χ2n) is 7.72. The third kappa shape index (κ3) is 4.89. The van der Waals surface area contributed by atoms with Crippen LogP contribution in [0, 0.1) is 17.2 Å². The van der Waals surface area contributed by atoms with Crippen molar-refractivity contribution in [2.24, 2.45) is 5.92 Å². The number of amides is 1. The Bertz CT molecular complexity index is 932. The number of nitrogens with zero attached hydrogens (tertiary/aromatic N) is 1. The summed E-state index contributed by atoms with van der Waals surface area (Å²) in [6.45, 7) is 3.23. The summed E-state index contributed by atoms with van der Waals surface area (Å²) in [5, 5.41) is 13.3. The molecule has 29 heavy (non-hydrogen) atoms. The molecule has 2 aromatic rings. The van der Waals surface area contributed by atoms with E-state index < -0.39 is 0 Å². The largest absolute Gasteiger partial charge is 0.493 e. The molecule has 0 radical (unpaired) electrons. The van der Waals surface area contributed by atoms with Crippen LogP contribution in [0.2, 0.25) is 0 Å². The number of methoxy groups -OCH3 is 2. The van der Waals surface area contributed by atoms with Gasteiger partial charge in [0, 0.05) is 10.4 Å². The van der Waals surface area contributed by atoms with Gasteiger partial charge in [-0.3, -0.25) is 4.79 Å². The number of benzene rings is 1. The lowest BCUT2D eigenvalue weighted by Crippen LogP contribution is -3.08. The summed E-state index contributed by atoms with van der Waals surface area (Å²) in [6, 6.07) is 8.09. The van der Waals surface area contributed by atoms with E-state index in [4.69, 9.17) is 9.47 Å². The average molecular weight is 415 g/mol. The number of anilines is 1. The summed E-state index contributed by atoms with van der Waals surface area (Å²) in [7, 11) is 5.19. The van der Waals surface area contributed by atoms with Crippen LogP contribution in [0.5, 0.6) is 11.5 Å². The van der Waals surface area contributed by atoms with Crippen LogP contribution in [-0.2, 0) is 24.2 Å². The van der Waals surface area contributed by atoms with Gasteiger partial charge in [-0.25, -0.2) is 0 Å². The number of quaternary nitrogens is 1. The molecule has 1 amide bonds. The first-order valence-electron chi connectivity index (χ1n) is 9.81. The summed E-state index contributed by atoms with van der Waals surface area (Å²) < 4.78 is 10.6. The van der Waals surface area contributed by atoms with Crippen LogP contribution in [0.15, 0.2) is 18.2 Å². The lowest BCUT2D eigenvalue weighted by molar-refractivity contribution is -0.885. The second-order valence-corrected chi connectivity index (χ2v) is 8.82. The molecule has 154 valence electrons. The third-order valence-corrected chi connectivity index (χ3v) is 6.46. The molecule has 1 aromatic heterocycles. The highest BCUT2D eigenvalue weighted by molar-refractivity contribution is 7.16. The number of ether oxygens (including phenoxy) is 2. The number of carbonyl (C=O) groups is 1. The van der Waals surface area contributed by atoms with Crippen molar-refractivity contribution in [3.05, 3.63) is 39.8 Å². The number of carbonyl (C=O) groups excluding carboxylic acids is 1. The van der Waals surface area contributed by atoms with Gasteiger partial charge in [-0.1, -0.05) is 6.92 Å². The van der Waals surface area contributed by atoms with E-state index in [0.29, 0.717) is 41.1 Å². The van der Waals surface area contributed by atoms with Crippen LogP contribution in [0.1, 0.15) is 34.9 Å². The quantitative estimate of drug-likeness (QED) is 0.730. The zero-order valence-corrected chi connectivity index (χ0v) is 18.2. The van der Waals surface area contributed by atoms with Crippen molar-refractivity contribution in [3.63, 3.8) is 0 Å². The molecule has 7 heteroatoms. The van der Waals surface area contributed by atoms with Crippen molar-refractivity contribution in [2.75, 3.05) is 33.1 Å². The van der Waals surface area contributed by atoms with Gasteiger partial charge in [-0.15, -0.1) is 11.3 Å². The average Bonchev–Trinajstić information content (AvgIpc) is 3.03. The van der Waals surface area contributed by atoms with Gasteiger partial charge in [0.2, 0.25) is 0 Å². The number of rotatable bonds is 7. The van der Waals surface area contributed by atoms with E-state index in [-0.39, 0.29) is 5.91 Å². The summed E-state index contributed by atoms with van der Waals surface area (Å²) in [4.78, 5) is 14.9. The van der Waals surface area contributed by atoms with Crippen molar-refractivity contribution >= 4 is 22.2 Å². The molecule has 0 spiro atoms. The summed E-state index contributed by atoms with van der Waals surface area (Å²) >= 11 is 1.56. The first-order valence-corrected chi connectivity index (χ1v) is 10.6. The molecule has 2 N–H and O–H groups in total. The third-order valence-electron chi connectivity index (χ3n) is 5.29. The number of fused-ring (bicyclic) bond motifs is 1. The van der Waals surface area contributed by atoms with Crippen molar-refractivity contribution in [1.82, 2.24) is 0 Å². The molecule has 0 bridgehead atoms. The molecule has 2 atom stereocenters. The Morgan fingerprint density at radius 2 is 2.10 bits per heavy atom. The molecule has 0 saturated heterocycles. The van der Waals surface area contributed by atoms with Gasteiger partial charge in [0.05, 0.1) is 26.8 Å². The van der Waals surface area contributed by atoms with E-state index in [1.165, 1.54) is 4.88 Å². The van der Waals surface area contributed by atoms with Gasteiger partial charge in [0.25, 0.3) is 5.91 Å². The van der Waals surface area contributed by atoms with Gasteiger partial charge in [0.1, 0.15) is 17.6 Å². The predicted molar refractivity (Wildman–Crippen MR) is 114 cm³/mol. The first-order chi connectivity index (χ1) is 13.9. The highest BCUT2D eigenvalue weighted by Crippen LogP contribution is 2.39. The Kier molecular flexibility index (Phi) is 6.78. The van der Waals surface area contributed by atoms with Crippen molar-refractivity contribution in [2.45, 2.75) is 32.7 Å². The number of thiophene rings is 1. The van der Waals surface area contributed by atoms with E-state index in [1.54, 1.807) is 25.6 Å². The maximum atomic E-state index is 12.6. The summed E-state index contributed by atoms with van der Waals surface area (Å²) in [5.74, 6) is 1.92. The van der Waals surface area contributed by atoms with Gasteiger partial charge in [-0.05, 0) is 48.9 Å². The minimum absolute atomic E-state index is 0.0777. The van der Waals surface area contributed by atoms with E-state index in [2.05, 4.69) is 18.3 Å². The Morgan fingerprint density at radius 1 is 1.34 bits per heavy atom. The van der Waals surface area contributed by atoms with E-state index in [9.17, 15) is 10.1 Å². The fraction of sp³-hybridized carbons (Fsp3) is 0.455. The standard InChI is InChI=1S/C22H27N3O3S/c1-14-5-7-16-17(11-23)22(29-20(16)9-14)24-21(26)13-25(2)12-15-6-8-18(27-3)19(10-15)28-4/h6,8,10,14H,5,7,9,12-13H2,1-4H3,(H,24,26)/p+1/t14-/m1/s1. The van der Waals surface area contributed by atoms with Gasteiger partial charge in [-0.2, -0.15) is 5.26 Å². The molecule has 1 aliphatic rings. The minimum atomic E-state index is -0.0777. The van der Waals surface area contributed by atoms with Crippen molar-refractivity contribution < 1.29 is 19.2 Å². The van der Waals surface area contributed by atoms with Gasteiger partial charge < -0.3 is 19.7 Å².